The minimum Gasteiger partial charge on any atom is -0.496 e. The third-order valence-corrected chi connectivity index (χ3v) is 4.51. The molecule has 24 heavy (non-hydrogen) atoms. The Bertz CT molecular complexity index is 788. The van der Waals surface area contributed by atoms with Gasteiger partial charge in [-0.2, -0.15) is 0 Å². The zero-order valence-corrected chi connectivity index (χ0v) is 14.1. The van der Waals surface area contributed by atoms with Crippen molar-refractivity contribution in [1.29, 1.82) is 0 Å². The molecule has 1 aliphatic heterocycles. The first-order valence-corrected chi connectivity index (χ1v) is 7.83. The first-order chi connectivity index (χ1) is 11.5. The molecule has 0 radical (unpaired) electrons. The molecule has 0 aliphatic carbocycles. The average molecular weight is 329 g/mol. The molecule has 2 aromatic carbocycles. The fourth-order valence-corrected chi connectivity index (χ4v) is 3.12. The van der Waals surface area contributed by atoms with E-state index in [0.29, 0.717) is 30.8 Å². The van der Waals surface area contributed by atoms with Gasteiger partial charge in [-0.3, -0.25) is 4.79 Å². The van der Waals surface area contributed by atoms with Gasteiger partial charge in [-0.1, -0.05) is 6.07 Å². The molecule has 4 nitrogen and oxygen atoms in total. The largest absolute Gasteiger partial charge is 0.496 e. The summed E-state index contributed by atoms with van der Waals surface area (Å²) in [5.74, 6) is 0.475. The van der Waals surface area contributed by atoms with Gasteiger partial charge in [0.25, 0.3) is 5.91 Å². The van der Waals surface area contributed by atoms with Crippen molar-refractivity contribution in [3.8, 4) is 11.5 Å². The van der Waals surface area contributed by atoms with Gasteiger partial charge in [0.2, 0.25) is 0 Å². The van der Waals surface area contributed by atoms with Crippen LogP contribution in [-0.4, -0.2) is 31.6 Å². The molecule has 0 N–H and O–H groups in total. The molecule has 0 bridgehead atoms. The van der Waals surface area contributed by atoms with Crippen LogP contribution in [0.15, 0.2) is 30.3 Å². The maximum atomic E-state index is 13.9. The Morgan fingerprint density at radius 2 is 1.88 bits per heavy atom. The van der Waals surface area contributed by atoms with Gasteiger partial charge in [-0.05, 0) is 48.7 Å². The van der Waals surface area contributed by atoms with E-state index in [4.69, 9.17) is 9.47 Å². The molecule has 0 saturated heterocycles. The number of carbonyl (C=O) groups excluding carboxylic acids is 1. The molecular formula is C19H20FNO3. The lowest BCUT2D eigenvalue weighted by atomic mass is 9.97. The molecule has 126 valence electrons. The predicted molar refractivity (Wildman–Crippen MR) is 89.1 cm³/mol. The quantitative estimate of drug-likeness (QED) is 0.867. The van der Waals surface area contributed by atoms with Gasteiger partial charge in [0, 0.05) is 24.2 Å². The highest BCUT2D eigenvalue weighted by molar-refractivity contribution is 5.96. The number of rotatable bonds is 3. The molecule has 0 fully saturated rings. The molecular weight excluding hydrogens is 309 g/mol. The zero-order valence-electron chi connectivity index (χ0n) is 14.1. The minimum atomic E-state index is -0.400. The summed E-state index contributed by atoms with van der Waals surface area (Å²) >= 11 is 0. The van der Waals surface area contributed by atoms with Crippen LogP contribution < -0.4 is 9.47 Å². The van der Waals surface area contributed by atoms with E-state index < -0.39 is 5.82 Å². The fraction of sp³-hybridized carbons (Fsp3) is 0.316. The van der Waals surface area contributed by atoms with E-state index >= 15 is 0 Å². The number of benzene rings is 2. The topological polar surface area (TPSA) is 38.8 Å². The minimum absolute atomic E-state index is 0.0618. The maximum Gasteiger partial charge on any atom is 0.254 e. The van der Waals surface area contributed by atoms with E-state index in [1.165, 1.54) is 13.2 Å². The lowest BCUT2D eigenvalue weighted by Gasteiger charge is -2.30. The number of methoxy groups -OCH3 is 2. The number of halogens is 1. The van der Waals surface area contributed by atoms with Crippen LogP contribution in [0.3, 0.4) is 0 Å². The fourth-order valence-electron chi connectivity index (χ4n) is 3.12. The summed E-state index contributed by atoms with van der Waals surface area (Å²) in [5, 5.41) is 0. The summed E-state index contributed by atoms with van der Waals surface area (Å²) in [7, 11) is 3.04. The first-order valence-electron chi connectivity index (χ1n) is 7.83. The average Bonchev–Trinajstić information content (AvgIpc) is 2.60. The second-order valence-electron chi connectivity index (χ2n) is 5.87. The van der Waals surface area contributed by atoms with Crippen LogP contribution in [-0.2, 0) is 13.0 Å². The summed E-state index contributed by atoms with van der Waals surface area (Å²) in [6.45, 7) is 2.86. The van der Waals surface area contributed by atoms with Crippen LogP contribution in [0.1, 0.15) is 27.0 Å². The van der Waals surface area contributed by atoms with Crippen molar-refractivity contribution in [2.45, 2.75) is 19.9 Å². The number of hydrogen-bond acceptors (Lipinski definition) is 3. The molecule has 0 atom stereocenters. The molecule has 0 spiro atoms. The second-order valence-corrected chi connectivity index (χ2v) is 5.87. The molecule has 1 amide bonds. The molecule has 0 saturated carbocycles. The number of amides is 1. The second kappa shape index (κ2) is 6.51. The van der Waals surface area contributed by atoms with Gasteiger partial charge in [0.1, 0.15) is 5.75 Å². The van der Waals surface area contributed by atoms with Gasteiger partial charge in [-0.15, -0.1) is 0 Å². The predicted octanol–water partition coefficient (Wildman–Crippen LogP) is 3.35. The molecule has 3 rings (SSSR count). The highest BCUT2D eigenvalue weighted by Gasteiger charge is 2.25. The van der Waals surface area contributed by atoms with Crippen molar-refractivity contribution in [3.63, 3.8) is 0 Å². The molecule has 2 aromatic rings. The Labute approximate surface area is 140 Å². The first kappa shape index (κ1) is 16.3. The zero-order chi connectivity index (χ0) is 17.3. The van der Waals surface area contributed by atoms with E-state index in [2.05, 4.69) is 0 Å². The molecule has 0 aromatic heterocycles. The van der Waals surface area contributed by atoms with Gasteiger partial charge < -0.3 is 14.4 Å². The van der Waals surface area contributed by atoms with Gasteiger partial charge in [0.15, 0.2) is 11.6 Å². The van der Waals surface area contributed by atoms with Gasteiger partial charge >= 0.3 is 0 Å². The third kappa shape index (κ3) is 2.82. The van der Waals surface area contributed by atoms with Crippen LogP contribution in [0.4, 0.5) is 4.39 Å². The molecule has 1 aliphatic rings. The maximum absolute atomic E-state index is 13.9. The molecule has 1 heterocycles. The summed E-state index contributed by atoms with van der Waals surface area (Å²) in [5.41, 5.74) is 3.29. The van der Waals surface area contributed by atoms with E-state index in [-0.39, 0.29) is 11.7 Å². The van der Waals surface area contributed by atoms with Gasteiger partial charge in [0.05, 0.1) is 14.2 Å². The normalized spacial score (nSPS) is 13.4. The molecule has 0 unspecified atom stereocenters. The summed E-state index contributed by atoms with van der Waals surface area (Å²) in [6, 6.07) is 8.63. The van der Waals surface area contributed by atoms with Crippen LogP contribution in [0.2, 0.25) is 0 Å². The highest BCUT2D eigenvalue weighted by atomic mass is 19.1. The number of carbonyl (C=O) groups is 1. The Kier molecular flexibility index (Phi) is 4.42. The van der Waals surface area contributed by atoms with Gasteiger partial charge in [-0.25, -0.2) is 4.39 Å². The summed E-state index contributed by atoms with van der Waals surface area (Å²) < 4.78 is 24.3. The number of nitrogens with zero attached hydrogens (tertiary/aromatic N) is 1. The van der Waals surface area contributed by atoms with Crippen molar-refractivity contribution in [2.75, 3.05) is 20.8 Å². The van der Waals surface area contributed by atoms with Crippen molar-refractivity contribution in [3.05, 3.63) is 58.4 Å². The van der Waals surface area contributed by atoms with Crippen LogP contribution in [0.25, 0.3) is 0 Å². The lowest BCUT2D eigenvalue weighted by Crippen LogP contribution is -2.36. The highest BCUT2D eigenvalue weighted by Crippen LogP contribution is 2.29. The van der Waals surface area contributed by atoms with Crippen LogP contribution >= 0.6 is 0 Å². The number of fused-ring (bicyclic) bond motifs is 1. The van der Waals surface area contributed by atoms with E-state index in [1.54, 1.807) is 24.1 Å². The van der Waals surface area contributed by atoms with Crippen molar-refractivity contribution >= 4 is 5.91 Å². The number of hydrogen-bond donors (Lipinski definition) is 0. The van der Waals surface area contributed by atoms with E-state index in [0.717, 1.165) is 16.7 Å². The van der Waals surface area contributed by atoms with E-state index in [1.807, 2.05) is 19.1 Å². The van der Waals surface area contributed by atoms with Crippen molar-refractivity contribution in [1.82, 2.24) is 4.90 Å². The monoisotopic (exact) mass is 329 g/mol. The Hall–Kier alpha value is -2.56. The third-order valence-electron chi connectivity index (χ3n) is 4.51. The summed E-state index contributed by atoms with van der Waals surface area (Å²) in [6.07, 6.45) is 0.681. The SMILES string of the molecule is COc1cc2c(cc1F)CN(C(=O)c1cccc(OC)c1C)CC2. The number of ether oxygens (including phenoxy) is 2. The van der Waals surface area contributed by atoms with Crippen LogP contribution in [0.5, 0.6) is 11.5 Å². The van der Waals surface area contributed by atoms with E-state index in [9.17, 15) is 9.18 Å². The summed E-state index contributed by atoms with van der Waals surface area (Å²) in [4.78, 5) is 14.6. The molecule has 5 heteroatoms. The Morgan fingerprint density at radius 3 is 2.58 bits per heavy atom. The van der Waals surface area contributed by atoms with Crippen molar-refractivity contribution in [2.24, 2.45) is 0 Å². The lowest BCUT2D eigenvalue weighted by molar-refractivity contribution is 0.0733. The van der Waals surface area contributed by atoms with Crippen LogP contribution in [0, 0.1) is 12.7 Å². The smallest absolute Gasteiger partial charge is 0.254 e. The Balaban J connectivity index is 1.88. The Morgan fingerprint density at radius 1 is 1.12 bits per heavy atom. The standard InChI is InChI=1S/C19H20FNO3/c1-12-15(5-4-6-17(12)23-2)19(22)21-8-7-13-10-18(24-3)16(20)9-14(13)11-21/h4-6,9-10H,7-8,11H2,1-3H3. The van der Waals surface area contributed by atoms with Crippen molar-refractivity contribution < 1.29 is 18.7 Å².